The number of allylic oxidation sites excluding steroid dienone is 2. The number of rotatable bonds is 1. The summed E-state index contributed by atoms with van der Waals surface area (Å²) in [7, 11) is 1.07. The average molecular weight is 372 g/mol. The summed E-state index contributed by atoms with van der Waals surface area (Å²) in [5.74, 6) is 0. The molecule has 1 aromatic rings. The quantitative estimate of drug-likeness (QED) is 0.674. The van der Waals surface area contributed by atoms with Crippen molar-refractivity contribution >= 4 is 19.3 Å². The predicted molar refractivity (Wildman–Crippen MR) is 109 cm³/mol. The minimum Gasteiger partial charge on any atom is -0.346 e. The number of hydrazone groups is 1. The van der Waals surface area contributed by atoms with Crippen LogP contribution < -0.4 is 4.90 Å². The Balaban J connectivity index is 1.87. The molecule has 4 rings (SSSR count). The van der Waals surface area contributed by atoms with Crippen LogP contribution in [0.25, 0.3) is 0 Å². The molecule has 0 N–H and O–H groups in total. The van der Waals surface area contributed by atoms with Gasteiger partial charge in [0, 0.05) is 44.0 Å². The molecular formula is C20H29N4OP. The number of likely N-dealkylation sites (N-methyl/N-ethyl adjacent to an activating group) is 1. The number of hydrogen-bond donors (Lipinski definition) is 0. The van der Waals surface area contributed by atoms with E-state index >= 15 is 0 Å². The Bertz CT molecular complexity index is 821. The Morgan fingerprint density at radius 2 is 1.69 bits per heavy atom. The molecule has 3 aliphatic heterocycles. The Morgan fingerprint density at radius 3 is 2.35 bits per heavy atom. The van der Waals surface area contributed by atoms with Crippen molar-refractivity contribution in [3.05, 3.63) is 40.8 Å². The van der Waals surface area contributed by atoms with Crippen molar-refractivity contribution < 1.29 is 4.57 Å². The van der Waals surface area contributed by atoms with E-state index in [1.165, 1.54) is 24.1 Å². The summed E-state index contributed by atoms with van der Waals surface area (Å²) in [6.45, 7) is 6.24. The Kier molecular flexibility index (Phi) is 4.28. The second kappa shape index (κ2) is 6.24. The highest BCUT2D eigenvalue weighted by atomic mass is 31.2. The molecule has 0 radical (unpaired) electrons. The summed E-state index contributed by atoms with van der Waals surface area (Å²) in [4.78, 5) is 2.22. The first-order valence-corrected chi connectivity index (χ1v) is 11.2. The van der Waals surface area contributed by atoms with Crippen LogP contribution in [0.5, 0.6) is 0 Å². The second-order valence-electron chi connectivity index (χ2n) is 8.08. The number of fused-ring (bicyclic) bond motifs is 1. The van der Waals surface area contributed by atoms with Gasteiger partial charge in [-0.3, -0.25) is 4.57 Å². The van der Waals surface area contributed by atoms with Crippen LogP contribution in [0.15, 0.2) is 40.4 Å². The van der Waals surface area contributed by atoms with E-state index in [9.17, 15) is 4.57 Å². The predicted octanol–water partition coefficient (Wildman–Crippen LogP) is 4.63. The molecule has 3 heterocycles. The molecule has 0 spiro atoms. The molecular weight excluding hydrogens is 343 g/mol. The first-order chi connectivity index (χ1) is 12.4. The Labute approximate surface area is 156 Å². The van der Waals surface area contributed by atoms with Crippen LogP contribution in [0.4, 0.5) is 5.69 Å². The Hall–Kier alpha value is -1.58. The van der Waals surface area contributed by atoms with Gasteiger partial charge in [-0.25, -0.2) is 9.45 Å². The SMILES string of the molecule is CN1C(=C2C=NN(C)P2(=O)N2CCCCCC2)C(C)(C)c2ccccc21. The van der Waals surface area contributed by atoms with E-state index in [-0.39, 0.29) is 5.41 Å². The maximum absolute atomic E-state index is 14.4. The van der Waals surface area contributed by atoms with Crippen LogP contribution in [0.3, 0.4) is 0 Å². The molecule has 1 atom stereocenters. The van der Waals surface area contributed by atoms with Crippen molar-refractivity contribution in [2.75, 3.05) is 32.1 Å². The highest BCUT2D eigenvalue weighted by Gasteiger charge is 2.49. The molecule has 1 aromatic carbocycles. The van der Waals surface area contributed by atoms with E-state index in [1.54, 1.807) is 4.78 Å². The highest BCUT2D eigenvalue weighted by Crippen LogP contribution is 2.65. The zero-order valence-corrected chi connectivity index (χ0v) is 17.2. The normalized spacial score (nSPS) is 31.4. The lowest BCUT2D eigenvalue weighted by Crippen LogP contribution is -2.31. The van der Waals surface area contributed by atoms with Gasteiger partial charge in [-0.15, -0.1) is 0 Å². The highest BCUT2D eigenvalue weighted by molar-refractivity contribution is 7.65. The van der Waals surface area contributed by atoms with Crippen LogP contribution in [0, 0.1) is 0 Å². The standard InChI is InChI=1S/C20H29N4OP/c1-20(2)16-11-7-8-12-17(16)22(3)19(20)18-15-21-23(4)26(18,25)24-13-9-5-6-10-14-24/h7-8,11-12,15H,5-6,9-10,13-14H2,1-4H3. The fourth-order valence-electron chi connectivity index (χ4n) is 4.75. The van der Waals surface area contributed by atoms with Gasteiger partial charge in [0.1, 0.15) is 0 Å². The molecule has 1 unspecified atom stereocenters. The van der Waals surface area contributed by atoms with Gasteiger partial charge in [0.15, 0.2) is 0 Å². The summed E-state index contributed by atoms with van der Waals surface area (Å²) in [6.07, 6.45) is 6.53. The van der Waals surface area contributed by atoms with Crippen molar-refractivity contribution in [1.29, 1.82) is 0 Å². The molecule has 140 valence electrons. The number of nitrogens with zero attached hydrogens (tertiary/aromatic N) is 4. The van der Waals surface area contributed by atoms with E-state index in [1.807, 2.05) is 13.3 Å². The summed E-state index contributed by atoms with van der Waals surface area (Å²) in [6, 6.07) is 8.50. The van der Waals surface area contributed by atoms with Gasteiger partial charge in [0.2, 0.25) is 0 Å². The molecule has 1 fully saturated rings. The molecule has 0 aliphatic carbocycles. The monoisotopic (exact) mass is 372 g/mol. The van der Waals surface area contributed by atoms with Crippen LogP contribution in [-0.2, 0) is 9.98 Å². The molecule has 0 saturated carbocycles. The minimum atomic E-state index is -2.89. The van der Waals surface area contributed by atoms with E-state index in [0.29, 0.717) is 0 Å². The summed E-state index contributed by atoms with van der Waals surface area (Å²) < 4.78 is 18.3. The van der Waals surface area contributed by atoms with Crippen LogP contribution >= 0.6 is 7.44 Å². The smallest absolute Gasteiger partial charge is 0.287 e. The second-order valence-corrected chi connectivity index (χ2v) is 10.8. The van der Waals surface area contributed by atoms with Crippen molar-refractivity contribution in [2.24, 2.45) is 5.10 Å². The first-order valence-electron chi connectivity index (χ1n) is 9.60. The zero-order valence-electron chi connectivity index (χ0n) is 16.3. The molecule has 1 saturated heterocycles. The maximum atomic E-state index is 14.4. The van der Waals surface area contributed by atoms with Gasteiger partial charge >= 0.3 is 0 Å². The van der Waals surface area contributed by atoms with Crippen LogP contribution in [-0.4, -0.2) is 42.8 Å². The third-order valence-electron chi connectivity index (χ3n) is 6.13. The van der Waals surface area contributed by atoms with E-state index in [4.69, 9.17) is 0 Å². The lowest BCUT2D eigenvalue weighted by atomic mass is 9.84. The summed E-state index contributed by atoms with van der Waals surface area (Å²) >= 11 is 0. The van der Waals surface area contributed by atoms with Crippen LogP contribution in [0.2, 0.25) is 0 Å². The van der Waals surface area contributed by atoms with E-state index < -0.39 is 7.44 Å². The van der Waals surface area contributed by atoms with Gasteiger partial charge in [-0.1, -0.05) is 44.9 Å². The molecule has 6 heteroatoms. The molecule has 5 nitrogen and oxygen atoms in total. The van der Waals surface area contributed by atoms with E-state index in [0.717, 1.165) is 36.9 Å². The third-order valence-corrected chi connectivity index (χ3v) is 9.14. The van der Waals surface area contributed by atoms with Crippen molar-refractivity contribution in [3.63, 3.8) is 0 Å². The molecule has 0 amide bonds. The first kappa shape index (κ1) is 17.8. The van der Waals surface area contributed by atoms with Crippen molar-refractivity contribution in [3.8, 4) is 0 Å². The van der Waals surface area contributed by atoms with Gasteiger partial charge in [0.25, 0.3) is 7.44 Å². The fourth-order valence-corrected chi connectivity index (χ4v) is 7.66. The lowest BCUT2D eigenvalue weighted by molar-refractivity contribution is 0.378. The van der Waals surface area contributed by atoms with Gasteiger partial charge in [-0.05, 0) is 24.5 Å². The van der Waals surface area contributed by atoms with Gasteiger partial charge < -0.3 is 4.90 Å². The molecule has 0 bridgehead atoms. The molecule has 26 heavy (non-hydrogen) atoms. The fraction of sp³-hybridized carbons (Fsp3) is 0.550. The van der Waals surface area contributed by atoms with Crippen LogP contribution in [0.1, 0.15) is 45.1 Å². The number of hydrogen-bond acceptors (Lipinski definition) is 3. The summed E-state index contributed by atoms with van der Waals surface area (Å²) in [5, 5.41) is 5.41. The van der Waals surface area contributed by atoms with Gasteiger partial charge in [-0.2, -0.15) is 5.10 Å². The largest absolute Gasteiger partial charge is 0.346 e. The third kappa shape index (κ3) is 2.40. The number of benzene rings is 1. The topological polar surface area (TPSA) is 39.1 Å². The molecule has 0 aromatic heterocycles. The summed E-state index contributed by atoms with van der Waals surface area (Å²) in [5.41, 5.74) is 3.42. The zero-order chi connectivity index (χ0) is 18.5. The minimum absolute atomic E-state index is 0.195. The van der Waals surface area contributed by atoms with Gasteiger partial charge in [0.05, 0.1) is 11.5 Å². The Morgan fingerprint density at radius 1 is 1.04 bits per heavy atom. The van der Waals surface area contributed by atoms with Crippen molar-refractivity contribution in [1.82, 2.24) is 9.45 Å². The average Bonchev–Trinajstić information content (AvgIpc) is 2.91. The lowest BCUT2D eigenvalue weighted by Gasteiger charge is -2.35. The number of anilines is 1. The van der Waals surface area contributed by atoms with Crippen molar-refractivity contribution in [2.45, 2.75) is 44.9 Å². The van der Waals surface area contributed by atoms with E-state index in [2.05, 4.69) is 59.8 Å². The maximum Gasteiger partial charge on any atom is 0.287 e. The molecule has 3 aliphatic rings. The number of para-hydroxylation sites is 1.